The van der Waals surface area contributed by atoms with E-state index in [1.807, 2.05) is 0 Å². The highest BCUT2D eigenvalue weighted by atomic mass is 35.5. The molecule has 0 unspecified atom stereocenters. The van der Waals surface area contributed by atoms with Crippen LogP contribution < -0.4 is 16.0 Å². The first kappa shape index (κ1) is 16.7. The number of hydrogen-bond donors (Lipinski definition) is 1. The Hall–Kier alpha value is -3.12. The Morgan fingerprint density at radius 1 is 1.12 bits per heavy atom. The lowest BCUT2D eigenvalue weighted by Crippen LogP contribution is -2.24. The number of rotatable bonds is 3. The van der Waals surface area contributed by atoms with Gasteiger partial charge in [0.05, 0.1) is 5.97 Å². The molecule has 7 heteroatoms. The summed E-state index contributed by atoms with van der Waals surface area (Å²) in [4.78, 5) is 35.4. The van der Waals surface area contributed by atoms with E-state index in [-0.39, 0.29) is 16.8 Å². The van der Waals surface area contributed by atoms with Crippen LogP contribution in [0.1, 0.15) is 26.3 Å². The average molecular weight is 357 g/mol. The predicted molar refractivity (Wildman–Crippen MR) is 91.0 cm³/mol. The fourth-order valence-electron chi connectivity index (χ4n) is 2.33. The molecule has 0 bridgehead atoms. The summed E-state index contributed by atoms with van der Waals surface area (Å²) in [5.74, 6) is -2.08. The zero-order valence-electron chi connectivity index (χ0n) is 13.0. The Morgan fingerprint density at radius 2 is 1.88 bits per heavy atom. The van der Waals surface area contributed by atoms with Gasteiger partial charge in [-0.05, 0) is 48.4 Å². The van der Waals surface area contributed by atoms with Crippen molar-refractivity contribution in [3.8, 4) is 0 Å². The third kappa shape index (κ3) is 3.39. The highest BCUT2D eigenvalue weighted by Gasteiger charge is 2.15. The third-order valence-electron chi connectivity index (χ3n) is 3.66. The topological polar surface area (TPSA) is 99.4 Å². The van der Waals surface area contributed by atoms with Crippen molar-refractivity contribution in [2.45, 2.75) is 6.92 Å². The van der Waals surface area contributed by atoms with Crippen molar-refractivity contribution in [2.75, 3.05) is 5.32 Å². The minimum atomic E-state index is -1.37. The quantitative estimate of drug-likeness (QED) is 0.726. The smallest absolute Gasteiger partial charge is 0.349 e. The van der Waals surface area contributed by atoms with Crippen LogP contribution in [0.3, 0.4) is 0 Å². The lowest BCUT2D eigenvalue weighted by molar-refractivity contribution is -0.255. The SMILES string of the molecule is Cc1ccc(C(=O)[O-])cc1NC(=O)c1cc2cc(Cl)ccc2oc1=O. The minimum Gasteiger partial charge on any atom is -0.545 e. The molecule has 126 valence electrons. The predicted octanol–water partition coefficient (Wildman–Crippen LogP) is 2.37. The monoisotopic (exact) mass is 356 g/mol. The van der Waals surface area contributed by atoms with Gasteiger partial charge in [0.2, 0.25) is 0 Å². The van der Waals surface area contributed by atoms with Gasteiger partial charge in [0.1, 0.15) is 11.1 Å². The molecule has 3 aromatic rings. The van der Waals surface area contributed by atoms with E-state index in [9.17, 15) is 19.5 Å². The molecular weight excluding hydrogens is 346 g/mol. The van der Waals surface area contributed by atoms with Gasteiger partial charge in [-0.3, -0.25) is 4.79 Å². The number of aromatic carboxylic acids is 1. The molecule has 0 radical (unpaired) electrons. The van der Waals surface area contributed by atoms with Gasteiger partial charge >= 0.3 is 5.63 Å². The van der Waals surface area contributed by atoms with Crippen LogP contribution in [0.2, 0.25) is 5.02 Å². The normalized spacial score (nSPS) is 10.6. The summed E-state index contributed by atoms with van der Waals surface area (Å²) in [6.45, 7) is 1.69. The summed E-state index contributed by atoms with van der Waals surface area (Å²) in [5.41, 5.74) is 0.0946. The van der Waals surface area contributed by atoms with Gasteiger partial charge in [-0.2, -0.15) is 0 Å². The van der Waals surface area contributed by atoms with Gasteiger partial charge in [-0.25, -0.2) is 4.79 Å². The lowest BCUT2D eigenvalue weighted by atomic mass is 10.1. The number of carbonyl (C=O) groups excluding carboxylic acids is 2. The number of halogens is 1. The van der Waals surface area contributed by atoms with Crippen LogP contribution in [0.4, 0.5) is 5.69 Å². The zero-order valence-corrected chi connectivity index (χ0v) is 13.7. The van der Waals surface area contributed by atoms with Gasteiger partial charge < -0.3 is 19.6 Å². The molecule has 0 aliphatic rings. The number of carbonyl (C=O) groups is 2. The minimum absolute atomic E-state index is 0.0850. The van der Waals surface area contributed by atoms with Gasteiger partial charge in [-0.15, -0.1) is 0 Å². The van der Waals surface area contributed by atoms with Gasteiger partial charge in [0.15, 0.2) is 0 Å². The molecule has 2 aromatic carbocycles. The maximum absolute atomic E-state index is 12.4. The largest absolute Gasteiger partial charge is 0.545 e. The molecule has 25 heavy (non-hydrogen) atoms. The van der Waals surface area contributed by atoms with Crippen LogP contribution >= 0.6 is 11.6 Å². The van der Waals surface area contributed by atoms with Crippen LogP contribution in [-0.2, 0) is 0 Å². The molecule has 1 amide bonds. The second-order valence-electron chi connectivity index (χ2n) is 5.40. The lowest BCUT2D eigenvalue weighted by Gasteiger charge is -2.11. The van der Waals surface area contributed by atoms with Crippen molar-refractivity contribution in [3.05, 3.63) is 74.6 Å². The summed E-state index contributed by atoms with van der Waals surface area (Å²) >= 11 is 5.91. The molecular formula is C18H11ClNO5-. The van der Waals surface area contributed by atoms with Crippen LogP contribution in [0.5, 0.6) is 0 Å². The summed E-state index contributed by atoms with van der Waals surface area (Å²) < 4.78 is 5.12. The number of benzene rings is 2. The van der Waals surface area contributed by atoms with Crippen molar-refractivity contribution < 1.29 is 19.1 Å². The molecule has 0 atom stereocenters. The summed E-state index contributed by atoms with van der Waals surface area (Å²) in [6.07, 6.45) is 0. The van der Waals surface area contributed by atoms with Crippen molar-refractivity contribution in [1.82, 2.24) is 0 Å². The Morgan fingerprint density at radius 3 is 2.60 bits per heavy atom. The second kappa shape index (κ2) is 6.41. The zero-order chi connectivity index (χ0) is 18.1. The average Bonchev–Trinajstić information content (AvgIpc) is 2.56. The molecule has 1 aromatic heterocycles. The van der Waals surface area contributed by atoms with E-state index in [1.165, 1.54) is 30.3 Å². The Labute approximate surface area is 146 Å². The van der Waals surface area contributed by atoms with E-state index in [4.69, 9.17) is 16.0 Å². The van der Waals surface area contributed by atoms with Gasteiger partial charge in [0.25, 0.3) is 5.91 Å². The first-order chi connectivity index (χ1) is 11.8. The van der Waals surface area contributed by atoms with Crippen molar-refractivity contribution in [2.24, 2.45) is 0 Å². The Kier molecular flexibility index (Phi) is 4.29. The maximum atomic E-state index is 12.4. The molecule has 6 nitrogen and oxygen atoms in total. The molecule has 0 aliphatic heterocycles. The Bertz CT molecular complexity index is 1070. The van der Waals surface area contributed by atoms with E-state index in [2.05, 4.69) is 5.32 Å². The summed E-state index contributed by atoms with van der Waals surface area (Å²) in [6, 6.07) is 10.2. The summed E-state index contributed by atoms with van der Waals surface area (Å²) in [7, 11) is 0. The van der Waals surface area contributed by atoms with Crippen LogP contribution in [0.15, 0.2) is 51.7 Å². The fourth-order valence-corrected chi connectivity index (χ4v) is 2.51. The molecule has 3 rings (SSSR count). The van der Waals surface area contributed by atoms with Gasteiger partial charge in [-0.1, -0.05) is 23.7 Å². The van der Waals surface area contributed by atoms with Crippen LogP contribution in [-0.4, -0.2) is 11.9 Å². The first-order valence-corrected chi connectivity index (χ1v) is 7.60. The first-order valence-electron chi connectivity index (χ1n) is 7.22. The molecule has 0 aliphatic carbocycles. The van der Waals surface area contributed by atoms with E-state index in [0.29, 0.717) is 21.6 Å². The number of nitrogens with one attached hydrogen (secondary N) is 1. The molecule has 1 heterocycles. The molecule has 1 N–H and O–H groups in total. The summed E-state index contributed by atoms with van der Waals surface area (Å²) in [5, 5.41) is 14.4. The second-order valence-corrected chi connectivity index (χ2v) is 5.84. The van der Waals surface area contributed by atoms with Crippen molar-refractivity contribution in [1.29, 1.82) is 0 Å². The molecule has 0 fully saturated rings. The molecule has 0 saturated carbocycles. The van der Waals surface area contributed by atoms with E-state index < -0.39 is 17.5 Å². The number of hydrogen-bond acceptors (Lipinski definition) is 5. The highest BCUT2D eigenvalue weighted by Crippen LogP contribution is 2.20. The van der Waals surface area contributed by atoms with Gasteiger partial charge in [0, 0.05) is 16.1 Å². The van der Waals surface area contributed by atoms with Crippen LogP contribution in [0, 0.1) is 6.92 Å². The van der Waals surface area contributed by atoms with Crippen molar-refractivity contribution in [3.63, 3.8) is 0 Å². The van der Waals surface area contributed by atoms with E-state index >= 15 is 0 Å². The number of carboxylic acids is 1. The highest BCUT2D eigenvalue weighted by molar-refractivity contribution is 6.31. The number of anilines is 1. The van der Waals surface area contributed by atoms with Crippen LogP contribution in [0.25, 0.3) is 11.0 Å². The maximum Gasteiger partial charge on any atom is 0.349 e. The van der Waals surface area contributed by atoms with E-state index in [1.54, 1.807) is 19.1 Å². The van der Waals surface area contributed by atoms with E-state index in [0.717, 1.165) is 0 Å². The number of fused-ring (bicyclic) bond motifs is 1. The molecule has 0 spiro atoms. The number of carboxylic acid groups (broad SMARTS) is 1. The Balaban J connectivity index is 2.00. The molecule has 0 saturated heterocycles. The fraction of sp³-hybridized carbons (Fsp3) is 0.0556. The standard InChI is InChI=1S/C18H12ClNO5/c1-9-2-3-10(17(22)23)8-14(9)20-16(21)13-7-11-6-12(19)4-5-15(11)25-18(13)24/h2-8H,1H3,(H,20,21)(H,22,23)/p-1. The number of aryl methyl sites for hydroxylation is 1. The van der Waals surface area contributed by atoms with Crippen molar-refractivity contribution >= 4 is 40.1 Å². The number of amides is 1. The third-order valence-corrected chi connectivity index (χ3v) is 3.90.